The Morgan fingerprint density at radius 3 is 2.46 bits per heavy atom. The summed E-state index contributed by atoms with van der Waals surface area (Å²) in [6, 6.07) is 12.9. The number of aryl methyl sites for hydroxylation is 2. The number of hydrogen-bond acceptors (Lipinski definition) is 5. The van der Waals surface area contributed by atoms with Gasteiger partial charge >= 0.3 is 0 Å². The first-order valence-electron chi connectivity index (χ1n) is 13.1. The number of anilines is 1. The molecule has 198 valence electrons. The van der Waals surface area contributed by atoms with Crippen molar-refractivity contribution in [2.75, 3.05) is 44.2 Å². The summed E-state index contributed by atoms with van der Waals surface area (Å²) in [5.74, 6) is -0.0679. The molecular weight excluding hydrogens is 469 g/mol. The molecule has 1 fully saturated rings. The fourth-order valence-corrected chi connectivity index (χ4v) is 5.02. The predicted octanol–water partition coefficient (Wildman–Crippen LogP) is 3.80. The van der Waals surface area contributed by atoms with Crippen molar-refractivity contribution < 1.29 is 14.3 Å². The van der Waals surface area contributed by atoms with Crippen LogP contribution in [0, 0.1) is 26.6 Å². The second-order valence-corrected chi connectivity index (χ2v) is 9.87. The Kier molecular flexibility index (Phi) is 8.61. The number of nitrogens with one attached hydrogen (secondary N) is 1. The number of benzene rings is 2. The number of hydrogen-bond donors (Lipinski definition) is 2. The first-order valence-corrected chi connectivity index (χ1v) is 13.1. The molecule has 8 heteroatoms. The zero-order valence-corrected chi connectivity index (χ0v) is 22.3. The van der Waals surface area contributed by atoms with Gasteiger partial charge in [-0.05, 0) is 56.5 Å². The van der Waals surface area contributed by atoms with Crippen molar-refractivity contribution in [2.24, 2.45) is 0 Å². The molecule has 1 saturated heterocycles. The largest absolute Gasteiger partial charge is 0.390 e. The van der Waals surface area contributed by atoms with Crippen LogP contribution in [0.4, 0.5) is 10.1 Å². The van der Waals surface area contributed by atoms with Gasteiger partial charge in [0.25, 0.3) is 5.91 Å². The SMILES string of the molecule is CCCc1nc(C(=O)NCC(O)CN2CCN(c3cccc(C)c3C)CC2)c(C)n1-c1ccccc1F. The minimum absolute atomic E-state index is 0.130. The molecule has 2 heterocycles. The van der Waals surface area contributed by atoms with Crippen molar-refractivity contribution in [1.82, 2.24) is 19.8 Å². The first kappa shape index (κ1) is 26.8. The summed E-state index contributed by atoms with van der Waals surface area (Å²) < 4.78 is 16.3. The van der Waals surface area contributed by atoms with Crippen molar-refractivity contribution in [3.63, 3.8) is 0 Å². The maximum atomic E-state index is 14.5. The Morgan fingerprint density at radius 1 is 1.05 bits per heavy atom. The zero-order chi connectivity index (χ0) is 26.5. The number of aliphatic hydroxyl groups is 1. The van der Waals surface area contributed by atoms with E-state index in [0.29, 0.717) is 30.2 Å². The van der Waals surface area contributed by atoms with Crippen molar-refractivity contribution in [3.05, 3.63) is 76.6 Å². The molecule has 0 saturated carbocycles. The lowest BCUT2D eigenvalue weighted by Crippen LogP contribution is -2.50. The maximum absolute atomic E-state index is 14.5. The molecule has 4 rings (SSSR count). The van der Waals surface area contributed by atoms with Gasteiger partial charge in [-0.1, -0.05) is 31.2 Å². The molecule has 3 aromatic rings. The molecule has 0 aliphatic carbocycles. The fourth-order valence-electron chi connectivity index (χ4n) is 5.02. The van der Waals surface area contributed by atoms with Crippen molar-refractivity contribution in [3.8, 4) is 5.69 Å². The highest BCUT2D eigenvalue weighted by Gasteiger charge is 2.24. The highest BCUT2D eigenvalue weighted by molar-refractivity contribution is 5.93. The van der Waals surface area contributed by atoms with Crippen molar-refractivity contribution >= 4 is 11.6 Å². The van der Waals surface area contributed by atoms with Crippen LogP contribution in [0.25, 0.3) is 5.69 Å². The second-order valence-electron chi connectivity index (χ2n) is 9.87. The summed E-state index contributed by atoms with van der Waals surface area (Å²) in [6.45, 7) is 12.2. The normalized spacial score (nSPS) is 15.1. The first-order chi connectivity index (χ1) is 17.8. The van der Waals surface area contributed by atoms with E-state index < -0.39 is 6.10 Å². The van der Waals surface area contributed by atoms with Gasteiger partial charge in [-0.3, -0.25) is 14.3 Å². The lowest BCUT2D eigenvalue weighted by atomic mass is 10.1. The van der Waals surface area contributed by atoms with Gasteiger partial charge in [-0.25, -0.2) is 9.37 Å². The van der Waals surface area contributed by atoms with Crippen LogP contribution >= 0.6 is 0 Å². The van der Waals surface area contributed by atoms with Crippen LogP contribution < -0.4 is 10.2 Å². The Labute approximate surface area is 218 Å². The Balaban J connectivity index is 1.34. The number of rotatable bonds is 9. The molecule has 1 unspecified atom stereocenters. The van der Waals surface area contributed by atoms with E-state index in [9.17, 15) is 14.3 Å². The van der Waals surface area contributed by atoms with Crippen LogP contribution in [-0.4, -0.2) is 70.8 Å². The number of aliphatic hydroxyl groups excluding tert-OH is 1. The molecule has 1 atom stereocenters. The van der Waals surface area contributed by atoms with Gasteiger partial charge in [0, 0.05) is 51.4 Å². The fraction of sp³-hybridized carbons (Fsp3) is 0.448. The van der Waals surface area contributed by atoms with Crippen molar-refractivity contribution in [2.45, 2.75) is 46.6 Å². The number of para-hydroxylation sites is 1. The summed E-state index contributed by atoms with van der Waals surface area (Å²) in [4.78, 5) is 22.2. The summed E-state index contributed by atoms with van der Waals surface area (Å²) in [6.07, 6.45) is 0.751. The van der Waals surface area contributed by atoms with Gasteiger partial charge in [0.05, 0.1) is 17.5 Å². The van der Waals surface area contributed by atoms with Crippen LogP contribution in [0.1, 0.15) is 46.5 Å². The monoisotopic (exact) mass is 507 g/mol. The van der Waals surface area contributed by atoms with E-state index in [4.69, 9.17) is 0 Å². The minimum Gasteiger partial charge on any atom is -0.390 e. The molecule has 0 bridgehead atoms. The standard InChI is InChI=1S/C29H38FN5O2/c1-5-9-27-32-28(22(4)35(27)26-12-7-6-11-24(26)30)29(37)31-18-23(36)19-33-14-16-34(17-15-33)25-13-8-10-20(2)21(25)3/h6-8,10-13,23,36H,5,9,14-19H2,1-4H3,(H,31,37). The van der Waals surface area contributed by atoms with E-state index in [-0.39, 0.29) is 24.0 Å². The van der Waals surface area contributed by atoms with Crippen molar-refractivity contribution in [1.29, 1.82) is 0 Å². The van der Waals surface area contributed by atoms with Gasteiger partial charge in [0.1, 0.15) is 17.3 Å². The quantitative estimate of drug-likeness (QED) is 0.461. The van der Waals surface area contributed by atoms with Gasteiger partial charge in [-0.15, -0.1) is 0 Å². The molecule has 37 heavy (non-hydrogen) atoms. The third-order valence-corrected chi connectivity index (χ3v) is 7.22. The number of nitrogens with zero attached hydrogens (tertiary/aromatic N) is 4. The Bertz CT molecular complexity index is 1230. The molecule has 1 aliphatic heterocycles. The highest BCUT2D eigenvalue weighted by Crippen LogP contribution is 2.24. The zero-order valence-electron chi connectivity index (χ0n) is 22.3. The summed E-state index contributed by atoms with van der Waals surface area (Å²) >= 11 is 0. The summed E-state index contributed by atoms with van der Waals surface area (Å²) in [5.41, 5.74) is 5.12. The number of carbonyl (C=O) groups excluding carboxylic acids is 1. The molecular formula is C29H38FN5O2. The number of piperazine rings is 1. The Hall–Kier alpha value is -3.23. The number of amides is 1. The van der Waals surface area contributed by atoms with Crippen LogP contribution in [0.2, 0.25) is 0 Å². The minimum atomic E-state index is -0.694. The average Bonchev–Trinajstić information content (AvgIpc) is 3.21. The van der Waals surface area contributed by atoms with E-state index in [1.807, 2.05) is 6.92 Å². The topological polar surface area (TPSA) is 73.6 Å². The molecule has 2 aromatic carbocycles. The molecule has 1 aliphatic rings. The second kappa shape index (κ2) is 11.9. The van der Waals surface area contributed by atoms with E-state index in [2.05, 4.69) is 52.1 Å². The van der Waals surface area contributed by atoms with Gasteiger partial charge < -0.3 is 15.3 Å². The van der Waals surface area contributed by atoms with Gasteiger partial charge in [-0.2, -0.15) is 0 Å². The Morgan fingerprint density at radius 2 is 1.76 bits per heavy atom. The molecule has 7 nitrogen and oxygen atoms in total. The molecule has 0 radical (unpaired) electrons. The van der Waals surface area contributed by atoms with E-state index >= 15 is 0 Å². The number of aromatic nitrogens is 2. The summed E-state index contributed by atoms with van der Waals surface area (Å²) in [7, 11) is 0. The molecule has 0 spiro atoms. The van der Waals surface area contributed by atoms with E-state index in [1.165, 1.54) is 22.9 Å². The number of halogens is 1. The van der Waals surface area contributed by atoms with Crippen LogP contribution in [0.5, 0.6) is 0 Å². The summed E-state index contributed by atoms with van der Waals surface area (Å²) in [5, 5.41) is 13.5. The smallest absolute Gasteiger partial charge is 0.271 e. The number of carbonyl (C=O) groups is 1. The van der Waals surface area contributed by atoms with Crippen LogP contribution in [-0.2, 0) is 6.42 Å². The molecule has 1 aromatic heterocycles. The molecule has 2 N–H and O–H groups in total. The number of imidazole rings is 1. The predicted molar refractivity (Wildman–Crippen MR) is 145 cm³/mol. The van der Waals surface area contributed by atoms with E-state index in [0.717, 1.165) is 32.6 Å². The van der Waals surface area contributed by atoms with Gasteiger partial charge in [0.2, 0.25) is 0 Å². The van der Waals surface area contributed by atoms with E-state index in [1.54, 1.807) is 29.7 Å². The lowest BCUT2D eigenvalue weighted by molar-refractivity contribution is 0.0847. The van der Waals surface area contributed by atoms with Crippen LogP contribution in [0.3, 0.4) is 0 Å². The third kappa shape index (κ3) is 6.02. The van der Waals surface area contributed by atoms with Crippen LogP contribution in [0.15, 0.2) is 42.5 Å². The number of β-amino-alcohol motifs (C(OH)–C–C–N with tert-alkyl or cyclic N) is 1. The maximum Gasteiger partial charge on any atom is 0.271 e. The lowest BCUT2D eigenvalue weighted by Gasteiger charge is -2.37. The molecule has 1 amide bonds. The average molecular weight is 508 g/mol. The third-order valence-electron chi connectivity index (χ3n) is 7.22. The van der Waals surface area contributed by atoms with Gasteiger partial charge in [0.15, 0.2) is 0 Å². The highest BCUT2D eigenvalue weighted by atomic mass is 19.1.